The molecule has 0 bridgehead atoms. The second kappa shape index (κ2) is 7.29. The van der Waals surface area contributed by atoms with E-state index in [4.69, 9.17) is 38.9 Å². The number of rotatable bonds is 5. The van der Waals surface area contributed by atoms with Gasteiger partial charge in [0, 0.05) is 29.1 Å². The SMILES string of the molecule is N#Cc1cnc(C(=O)Cc2ccc(Cl)c([C@@]3(CF)N=C(N)O[C@@H]4C[C@@H]43)c2)c(Cl)c1. The van der Waals surface area contributed by atoms with Crippen LogP contribution in [0.1, 0.15) is 33.6 Å². The maximum Gasteiger partial charge on any atom is 0.283 e. The highest BCUT2D eigenvalue weighted by atomic mass is 35.5. The van der Waals surface area contributed by atoms with Crippen molar-refractivity contribution in [2.75, 3.05) is 6.67 Å². The van der Waals surface area contributed by atoms with Crippen LogP contribution in [-0.4, -0.2) is 29.6 Å². The second-order valence-corrected chi connectivity index (χ2v) is 7.90. The van der Waals surface area contributed by atoms with Gasteiger partial charge in [-0.25, -0.2) is 9.38 Å². The fraction of sp³-hybridized carbons (Fsp3) is 0.300. The number of aliphatic imine (C=N–C) groups is 1. The van der Waals surface area contributed by atoms with E-state index in [1.165, 1.54) is 12.3 Å². The number of ether oxygens (including phenoxy) is 1. The van der Waals surface area contributed by atoms with Gasteiger partial charge in [0.05, 0.1) is 10.6 Å². The molecule has 2 aliphatic rings. The normalized spacial score (nSPS) is 24.7. The van der Waals surface area contributed by atoms with Gasteiger partial charge in [-0.3, -0.25) is 9.78 Å². The number of hydrogen-bond acceptors (Lipinski definition) is 6. The van der Waals surface area contributed by atoms with Crippen molar-refractivity contribution in [3.63, 3.8) is 0 Å². The Labute approximate surface area is 176 Å². The quantitative estimate of drug-likeness (QED) is 0.727. The standard InChI is InChI=1S/C20H15Cl2FN4O2/c21-14-2-1-10(5-16(28)18-15(22)4-11(7-24)8-26-18)3-12(14)20(9-23)13-6-17(13)29-19(25)27-20/h1-4,8,13,17H,5-6,9H2,(H2,25,27)/t13-,17+,20+/m0/s1. The van der Waals surface area contributed by atoms with Gasteiger partial charge < -0.3 is 10.5 Å². The van der Waals surface area contributed by atoms with E-state index in [-0.39, 0.29) is 46.5 Å². The van der Waals surface area contributed by atoms with Crippen LogP contribution in [0, 0.1) is 17.2 Å². The number of aromatic nitrogens is 1. The molecule has 6 nitrogen and oxygen atoms in total. The van der Waals surface area contributed by atoms with Crippen LogP contribution in [0.25, 0.3) is 0 Å². The van der Waals surface area contributed by atoms with E-state index < -0.39 is 12.2 Å². The van der Waals surface area contributed by atoms with E-state index in [0.29, 0.717) is 22.6 Å². The fourth-order valence-electron chi connectivity index (χ4n) is 3.71. The van der Waals surface area contributed by atoms with E-state index in [0.717, 1.165) is 0 Å². The zero-order valence-corrected chi connectivity index (χ0v) is 16.5. The number of nitrogens with zero attached hydrogens (tertiary/aromatic N) is 3. The molecule has 9 heteroatoms. The Kier molecular flexibility index (Phi) is 4.93. The lowest BCUT2D eigenvalue weighted by molar-refractivity contribution is 0.0988. The number of hydrogen-bond donors (Lipinski definition) is 1. The minimum Gasteiger partial charge on any atom is -0.462 e. The number of nitrogens with two attached hydrogens (primary N) is 1. The summed E-state index contributed by atoms with van der Waals surface area (Å²) in [7, 11) is 0. The number of ketones is 1. The highest BCUT2D eigenvalue weighted by molar-refractivity contribution is 6.33. The smallest absolute Gasteiger partial charge is 0.283 e. The number of fused-ring (bicyclic) bond motifs is 1. The maximum absolute atomic E-state index is 14.2. The number of alkyl halides is 1. The summed E-state index contributed by atoms with van der Waals surface area (Å²) in [5.74, 6) is -0.487. The van der Waals surface area contributed by atoms with E-state index in [1.54, 1.807) is 18.2 Å². The van der Waals surface area contributed by atoms with Crippen LogP contribution >= 0.6 is 23.2 Å². The number of pyridine rings is 1. The molecule has 0 unspecified atom stereocenters. The molecule has 0 spiro atoms. The molecule has 1 aromatic heterocycles. The first-order valence-corrected chi connectivity index (χ1v) is 9.59. The summed E-state index contributed by atoms with van der Waals surface area (Å²) in [5.41, 5.74) is 5.95. The van der Waals surface area contributed by atoms with Crippen molar-refractivity contribution in [3.8, 4) is 6.07 Å². The summed E-state index contributed by atoms with van der Waals surface area (Å²) < 4.78 is 19.6. The zero-order valence-electron chi connectivity index (χ0n) is 15.0. The third kappa shape index (κ3) is 3.43. The molecule has 148 valence electrons. The number of amidine groups is 1. The van der Waals surface area contributed by atoms with Crippen molar-refractivity contribution < 1.29 is 13.9 Å². The van der Waals surface area contributed by atoms with Crippen LogP contribution in [-0.2, 0) is 16.7 Å². The summed E-state index contributed by atoms with van der Waals surface area (Å²) >= 11 is 12.5. The van der Waals surface area contributed by atoms with Crippen molar-refractivity contribution in [1.29, 1.82) is 5.26 Å². The summed E-state index contributed by atoms with van der Waals surface area (Å²) in [6, 6.07) is 8.22. The largest absolute Gasteiger partial charge is 0.462 e. The molecule has 3 atom stereocenters. The summed E-state index contributed by atoms with van der Waals surface area (Å²) in [5, 5.41) is 9.34. The molecule has 1 aliphatic heterocycles. The minimum atomic E-state index is -1.21. The van der Waals surface area contributed by atoms with Gasteiger partial charge in [-0.15, -0.1) is 0 Å². The molecule has 0 amide bonds. The molecule has 1 fully saturated rings. The van der Waals surface area contributed by atoms with Crippen LogP contribution in [0.4, 0.5) is 4.39 Å². The Morgan fingerprint density at radius 2 is 2.17 bits per heavy atom. The van der Waals surface area contributed by atoms with Crippen molar-refractivity contribution >= 4 is 35.0 Å². The average Bonchev–Trinajstić information content (AvgIpc) is 3.48. The van der Waals surface area contributed by atoms with Crippen LogP contribution in [0.15, 0.2) is 35.5 Å². The van der Waals surface area contributed by atoms with Crippen molar-refractivity contribution in [2.45, 2.75) is 24.5 Å². The molecule has 29 heavy (non-hydrogen) atoms. The van der Waals surface area contributed by atoms with E-state index in [1.807, 2.05) is 6.07 Å². The van der Waals surface area contributed by atoms with Gasteiger partial charge in [-0.1, -0.05) is 35.3 Å². The van der Waals surface area contributed by atoms with Gasteiger partial charge in [0.15, 0.2) is 5.78 Å². The molecule has 1 aromatic carbocycles. The van der Waals surface area contributed by atoms with Gasteiger partial charge in [-0.2, -0.15) is 5.26 Å². The average molecular weight is 433 g/mol. The third-order valence-electron chi connectivity index (χ3n) is 5.23. The Hall–Kier alpha value is -2.69. The predicted molar refractivity (Wildman–Crippen MR) is 106 cm³/mol. The molecule has 0 radical (unpaired) electrons. The third-order valence-corrected chi connectivity index (χ3v) is 5.84. The fourth-order valence-corrected chi connectivity index (χ4v) is 4.27. The lowest BCUT2D eigenvalue weighted by Gasteiger charge is -2.32. The van der Waals surface area contributed by atoms with Crippen molar-refractivity contribution in [3.05, 3.63) is 62.9 Å². The molecule has 4 rings (SSSR count). The Morgan fingerprint density at radius 3 is 2.86 bits per heavy atom. The molecule has 2 aromatic rings. The Balaban J connectivity index is 1.67. The number of benzene rings is 1. The van der Waals surface area contributed by atoms with E-state index >= 15 is 0 Å². The van der Waals surface area contributed by atoms with Crippen LogP contribution in [0.3, 0.4) is 0 Å². The summed E-state index contributed by atoms with van der Waals surface area (Å²) in [4.78, 5) is 20.9. The zero-order chi connectivity index (χ0) is 20.8. The lowest BCUT2D eigenvalue weighted by atomic mass is 9.84. The first kappa shape index (κ1) is 19.6. The van der Waals surface area contributed by atoms with Crippen molar-refractivity contribution in [2.24, 2.45) is 16.6 Å². The van der Waals surface area contributed by atoms with Crippen LogP contribution in [0.2, 0.25) is 10.0 Å². The molecule has 0 saturated heterocycles. The Morgan fingerprint density at radius 1 is 1.38 bits per heavy atom. The summed E-state index contributed by atoms with van der Waals surface area (Å²) in [6.45, 7) is -0.779. The number of carbonyl (C=O) groups is 1. The van der Waals surface area contributed by atoms with E-state index in [2.05, 4.69) is 9.98 Å². The number of halogens is 3. The summed E-state index contributed by atoms with van der Waals surface area (Å²) in [6.07, 6.45) is 1.73. The molecule has 1 aliphatic carbocycles. The van der Waals surface area contributed by atoms with Gasteiger partial charge in [-0.05, 0) is 24.1 Å². The second-order valence-electron chi connectivity index (χ2n) is 7.09. The first-order chi connectivity index (χ1) is 13.9. The number of carbonyl (C=O) groups excluding carboxylic acids is 1. The monoisotopic (exact) mass is 432 g/mol. The predicted octanol–water partition coefficient (Wildman–Crippen LogP) is 3.58. The highest BCUT2D eigenvalue weighted by Crippen LogP contribution is 2.54. The topological polar surface area (TPSA) is 101 Å². The maximum atomic E-state index is 14.2. The van der Waals surface area contributed by atoms with Gasteiger partial charge in [0.1, 0.15) is 30.1 Å². The number of nitriles is 1. The van der Waals surface area contributed by atoms with Crippen molar-refractivity contribution in [1.82, 2.24) is 4.98 Å². The Bertz CT molecular complexity index is 1080. The van der Waals surface area contributed by atoms with Crippen LogP contribution in [0.5, 0.6) is 0 Å². The van der Waals surface area contributed by atoms with Gasteiger partial charge in [0.2, 0.25) is 0 Å². The number of Topliss-reactive ketones (excluding diaryl/α,β-unsaturated/α-hetero) is 1. The molecule has 1 saturated carbocycles. The lowest BCUT2D eigenvalue weighted by Crippen LogP contribution is -2.39. The van der Waals surface area contributed by atoms with Gasteiger partial charge >= 0.3 is 0 Å². The first-order valence-electron chi connectivity index (χ1n) is 8.83. The van der Waals surface area contributed by atoms with Crippen LogP contribution < -0.4 is 5.73 Å². The molecular formula is C20H15Cl2FN4O2. The molecule has 2 heterocycles. The molecule has 2 N–H and O–H groups in total. The minimum absolute atomic E-state index is 0.0189. The van der Waals surface area contributed by atoms with Gasteiger partial charge in [0.25, 0.3) is 6.02 Å². The highest BCUT2D eigenvalue weighted by Gasteiger charge is 2.59. The van der Waals surface area contributed by atoms with E-state index in [9.17, 15) is 9.18 Å². The molecular weight excluding hydrogens is 418 g/mol.